The van der Waals surface area contributed by atoms with E-state index in [0.29, 0.717) is 45.5 Å². The minimum atomic E-state index is -0.107. The number of fused-ring (bicyclic) bond motifs is 2. The maximum Gasteiger partial charge on any atom is 0.259 e. The van der Waals surface area contributed by atoms with Crippen LogP contribution in [0.25, 0.3) is 22.4 Å². The van der Waals surface area contributed by atoms with Crippen LogP contribution in [0.15, 0.2) is 28.8 Å². The molecule has 0 bridgehead atoms. The Bertz CT molecular complexity index is 1090. The molecule has 2 atom stereocenters. The summed E-state index contributed by atoms with van der Waals surface area (Å²) in [7, 11) is 0. The fourth-order valence-electron chi connectivity index (χ4n) is 4.25. The number of pyridine rings is 1. The van der Waals surface area contributed by atoms with Gasteiger partial charge in [-0.3, -0.25) is 4.79 Å². The lowest BCUT2D eigenvalue weighted by molar-refractivity contribution is 0.0912. The predicted molar refractivity (Wildman–Crippen MR) is 107 cm³/mol. The normalized spacial score (nSPS) is 20.8. The number of carbonyl (C=O) groups excluding carboxylic acids is 1. The third kappa shape index (κ3) is 3.20. The maximum atomic E-state index is 13.2. The Morgan fingerprint density at radius 1 is 1.14 bits per heavy atom. The number of aromatic nitrogens is 2. The van der Waals surface area contributed by atoms with Gasteiger partial charge in [-0.2, -0.15) is 0 Å². The van der Waals surface area contributed by atoms with Crippen molar-refractivity contribution in [3.63, 3.8) is 0 Å². The van der Waals surface area contributed by atoms with E-state index < -0.39 is 0 Å². The number of nitrogens with one attached hydrogen (secondary N) is 1. The number of carbonyl (C=O) groups is 1. The summed E-state index contributed by atoms with van der Waals surface area (Å²) in [5.41, 5.74) is 3.02. The lowest BCUT2D eigenvalue weighted by Crippen LogP contribution is -2.41. The van der Waals surface area contributed by atoms with Crippen LogP contribution >= 0.6 is 0 Å². The number of amides is 1. The molecule has 0 spiro atoms. The molecule has 0 saturated heterocycles. The number of nitrogens with zero attached hydrogens (tertiary/aromatic N) is 2. The van der Waals surface area contributed by atoms with E-state index in [0.717, 1.165) is 24.8 Å². The smallest absolute Gasteiger partial charge is 0.259 e. The zero-order valence-corrected chi connectivity index (χ0v) is 16.5. The zero-order chi connectivity index (χ0) is 20.0. The van der Waals surface area contributed by atoms with Crippen molar-refractivity contribution < 1.29 is 18.8 Å². The van der Waals surface area contributed by atoms with Gasteiger partial charge in [-0.05, 0) is 49.9 Å². The summed E-state index contributed by atoms with van der Waals surface area (Å²) in [4.78, 5) is 17.8. The molecular weight excluding hydrogens is 370 g/mol. The molecule has 0 radical (unpaired) electrons. The third-order valence-electron chi connectivity index (χ3n) is 5.96. The van der Waals surface area contributed by atoms with Gasteiger partial charge in [0.15, 0.2) is 11.5 Å². The number of hydrogen-bond donors (Lipinski definition) is 1. The van der Waals surface area contributed by atoms with Crippen LogP contribution in [-0.2, 0) is 0 Å². The molecule has 7 nitrogen and oxygen atoms in total. The van der Waals surface area contributed by atoms with Gasteiger partial charge >= 0.3 is 0 Å². The summed E-state index contributed by atoms with van der Waals surface area (Å²) in [6, 6.07) is 7.61. The van der Waals surface area contributed by atoms with Crippen molar-refractivity contribution >= 4 is 17.0 Å². The quantitative estimate of drug-likeness (QED) is 0.716. The van der Waals surface area contributed by atoms with Crippen molar-refractivity contribution in [2.45, 2.75) is 45.6 Å². The van der Waals surface area contributed by atoms with Crippen LogP contribution in [0.4, 0.5) is 0 Å². The summed E-state index contributed by atoms with van der Waals surface area (Å²) in [6.45, 7) is 4.24. The first kappa shape index (κ1) is 18.0. The van der Waals surface area contributed by atoms with Crippen LogP contribution in [0.2, 0.25) is 0 Å². The molecule has 3 heterocycles. The largest absolute Gasteiger partial charge is 0.454 e. The Morgan fingerprint density at radius 3 is 2.83 bits per heavy atom. The lowest BCUT2D eigenvalue weighted by atomic mass is 9.86. The third-order valence-corrected chi connectivity index (χ3v) is 5.96. The van der Waals surface area contributed by atoms with E-state index in [4.69, 9.17) is 14.0 Å². The van der Waals surface area contributed by atoms with E-state index in [-0.39, 0.29) is 18.7 Å². The van der Waals surface area contributed by atoms with Crippen LogP contribution in [0.5, 0.6) is 11.5 Å². The number of aryl methyl sites for hydroxylation is 1. The monoisotopic (exact) mass is 393 g/mol. The van der Waals surface area contributed by atoms with Crippen LogP contribution < -0.4 is 14.8 Å². The highest BCUT2D eigenvalue weighted by atomic mass is 16.7. The van der Waals surface area contributed by atoms with Crippen molar-refractivity contribution in [2.75, 3.05) is 6.79 Å². The van der Waals surface area contributed by atoms with Crippen LogP contribution in [0, 0.1) is 12.8 Å². The second-order valence-electron chi connectivity index (χ2n) is 7.91. The molecule has 0 unspecified atom stereocenters. The summed E-state index contributed by atoms with van der Waals surface area (Å²) < 4.78 is 16.3. The number of hydrogen-bond acceptors (Lipinski definition) is 6. The fraction of sp³-hybridized carbons (Fsp3) is 0.409. The summed E-state index contributed by atoms with van der Waals surface area (Å²) in [5.74, 6) is 1.74. The molecule has 1 aliphatic carbocycles. The molecule has 1 saturated carbocycles. The van der Waals surface area contributed by atoms with Crippen LogP contribution in [0.3, 0.4) is 0 Å². The molecule has 1 N–H and O–H groups in total. The zero-order valence-electron chi connectivity index (χ0n) is 16.5. The molecule has 1 fully saturated rings. The van der Waals surface area contributed by atoms with Crippen molar-refractivity contribution in [1.29, 1.82) is 0 Å². The molecule has 150 valence electrons. The van der Waals surface area contributed by atoms with Crippen molar-refractivity contribution in [1.82, 2.24) is 15.5 Å². The SMILES string of the molecule is Cc1noc2nc(-c3ccc4c(c3)OCO4)cc(C(=O)N[C@@H]3CCCC[C@H]3C)c12. The molecule has 7 heteroatoms. The number of rotatable bonds is 3. The van der Waals surface area contributed by atoms with E-state index in [1.54, 1.807) is 0 Å². The average molecular weight is 393 g/mol. The fourth-order valence-corrected chi connectivity index (χ4v) is 4.25. The van der Waals surface area contributed by atoms with Crippen molar-refractivity contribution in [3.05, 3.63) is 35.5 Å². The van der Waals surface area contributed by atoms with Crippen molar-refractivity contribution in [2.24, 2.45) is 5.92 Å². The molecule has 1 aromatic carbocycles. The minimum absolute atomic E-state index is 0.107. The summed E-state index contributed by atoms with van der Waals surface area (Å²) in [6.07, 6.45) is 4.53. The number of benzene rings is 1. The van der Waals surface area contributed by atoms with Gasteiger partial charge in [0.2, 0.25) is 6.79 Å². The Hall–Kier alpha value is -3.09. The maximum absolute atomic E-state index is 13.2. The van der Waals surface area contributed by atoms with E-state index in [9.17, 15) is 4.79 Å². The molecule has 1 amide bonds. The Morgan fingerprint density at radius 2 is 1.97 bits per heavy atom. The summed E-state index contributed by atoms with van der Waals surface area (Å²) in [5, 5.41) is 7.93. The van der Waals surface area contributed by atoms with Crippen LogP contribution in [0.1, 0.15) is 48.7 Å². The summed E-state index contributed by atoms with van der Waals surface area (Å²) >= 11 is 0. The first-order chi connectivity index (χ1) is 14.1. The standard InChI is InChI=1S/C22H23N3O4/c1-12-5-3-4-6-16(12)23-21(26)15-10-17(24-22-20(15)13(2)25-29-22)14-7-8-18-19(9-14)28-11-27-18/h7-10,12,16H,3-6,11H2,1-2H3,(H,23,26)/t12-,16-/m1/s1. The van der Waals surface area contributed by atoms with E-state index in [1.165, 1.54) is 6.42 Å². The topological polar surface area (TPSA) is 86.5 Å². The average Bonchev–Trinajstić information content (AvgIpc) is 3.35. The van der Waals surface area contributed by atoms with Crippen molar-refractivity contribution in [3.8, 4) is 22.8 Å². The van der Waals surface area contributed by atoms with E-state index >= 15 is 0 Å². The highest BCUT2D eigenvalue weighted by Crippen LogP contribution is 2.36. The number of ether oxygens (including phenoxy) is 2. The Labute approximate surface area is 168 Å². The molecular formula is C22H23N3O4. The molecule has 5 rings (SSSR count). The van der Waals surface area contributed by atoms with Gasteiger partial charge in [0.05, 0.1) is 22.3 Å². The minimum Gasteiger partial charge on any atom is -0.454 e. The van der Waals surface area contributed by atoms with Gasteiger partial charge in [-0.25, -0.2) is 4.98 Å². The first-order valence-electron chi connectivity index (χ1n) is 10.1. The van der Waals surface area contributed by atoms with E-state index in [2.05, 4.69) is 22.4 Å². The van der Waals surface area contributed by atoms with Gasteiger partial charge in [-0.15, -0.1) is 0 Å². The van der Waals surface area contributed by atoms with Gasteiger partial charge in [0.25, 0.3) is 11.6 Å². The lowest BCUT2D eigenvalue weighted by Gasteiger charge is -2.29. The Balaban J connectivity index is 1.55. The van der Waals surface area contributed by atoms with E-state index in [1.807, 2.05) is 31.2 Å². The Kier molecular flexibility index (Phi) is 4.38. The molecule has 2 aromatic heterocycles. The van der Waals surface area contributed by atoms with Gasteiger partial charge < -0.3 is 19.3 Å². The van der Waals surface area contributed by atoms with Gasteiger partial charge in [0.1, 0.15) is 0 Å². The molecule has 2 aliphatic rings. The highest BCUT2D eigenvalue weighted by Gasteiger charge is 2.26. The van der Waals surface area contributed by atoms with Gasteiger partial charge in [0, 0.05) is 11.6 Å². The first-order valence-corrected chi connectivity index (χ1v) is 10.1. The van der Waals surface area contributed by atoms with Crippen LogP contribution in [-0.4, -0.2) is 28.9 Å². The van der Waals surface area contributed by atoms with Gasteiger partial charge in [-0.1, -0.05) is 24.9 Å². The molecule has 29 heavy (non-hydrogen) atoms. The second-order valence-corrected chi connectivity index (χ2v) is 7.91. The molecule has 1 aliphatic heterocycles. The predicted octanol–water partition coefficient (Wildman–Crippen LogP) is 4.24. The second kappa shape index (κ2) is 7.06. The molecule has 3 aromatic rings. The highest BCUT2D eigenvalue weighted by molar-refractivity contribution is 6.07.